The Bertz CT molecular complexity index is 1030. The smallest absolute Gasteiger partial charge is 0.163 e. The quantitative estimate of drug-likeness (QED) is 0.420. The molecule has 1 aliphatic carbocycles. The topological polar surface area (TPSA) is 42.0 Å². The highest BCUT2D eigenvalue weighted by Gasteiger charge is 2.21. The number of Topliss-reactive ketones (excluding diaryl/α,β-unsaturated/α-hetero) is 1. The van der Waals surface area contributed by atoms with E-state index in [1.54, 1.807) is 0 Å². The molecule has 0 radical (unpaired) electrons. The van der Waals surface area contributed by atoms with Crippen molar-refractivity contribution < 1.29 is 4.79 Å². The van der Waals surface area contributed by atoms with Crippen molar-refractivity contribution in [1.82, 2.24) is 4.98 Å². The first kappa shape index (κ1) is 21.3. The predicted octanol–water partition coefficient (Wildman–Crippen LogP) is 7.12. The molecule has 0 aliphatic heterocycles. The van der Waals surface area contributed by atoms with Crippen LogP contribution in [0.25, 0.3) is 0 Å². The molecule has 1 fully saturated rings. The summed E-state index contributed by atoms with van der Waals surface area (Å²) < 4.78 is 0. The number of nitrogens with one attached hydrogen (secondary N) is 1. The number of anilines is 2. The van der Waals surface area contributed by atoms with E-state index >= 15 is 0 Å². The van der Waals surface area contributed by atoms with E-state index in [1.807, 2.05) is 30.5 Å². The predicted molar refractivity (Wildman–Crippen MR) is 128 cm³/mol. The van der Waals surface area contributed by atoms with Gasteiger partial charge in [0.05, 0.1) is 0 Å². The fraction of sp³-hybridized carbons (Fsp3) is 0.357. The number of nitrogens with zero attached hydrogens (tertiary/aromatic N) is 1. The van der Waals surface area contributed by atoms with Gasteiger partial charge in [-0.2, -0.15) is 0 Å². The average Bonchev–Trinajstić information content (AvgIpc) is 2.76. The summed E-state index contributed by atoms with van der Waals surface area (Å²) in [5, 5.41) is 3.38. The minimum absolute atomic E-state index is 0.254. The summed E-state index contributed by atoms with van der Waals surface area (Å²) in [6, 6.07) is 20.6. The third-order valence-corrected chi connectivity index (χ3v) is 6.38. The van der Waals surface area contributed by atoms with Gasteiger partial charge in [0.1, 0.15) is 5.82 Å². The van der Waals surface area contributed by atoms with Crippen LogP contribution in [0.5, 0.6) is 0 Å². The van der Waals surface area contributed by atoms with Crippen molar-refractivity contribution >= 4 is 17.3 Å². The Hall–Kier alpha value is -2.94. The van der Waals surface area contributed by atoms with E-state index in [9.17, 15) is 4.79 Å². The molecule has 3 heteroatoms. The normalized spacial score (nSPS) is 18.5. The van der Waals surface area contributed by atoms with Gasteiger partial charge in [0.2, 0.25) is 0 Å². The Morgan fingerprint density at radius 3 is 2.55 bits per heavy atom. The summed E-state index contributed by atoms with van der Waals surface area (Å²) in [7, 11) is 0. The number of hydrogen-bond donors (Lipinski definition) is 1. The molecule has 1 saturated carbocycles. The summed E-state index contributed by atoms with van der Waals surface area (Å²) in [5.41, 5.74) is 5.47. The van der Waals surface area contributed by atoms with E-state index in [0.717, 1.165) is 29.4 Å². The summed E-state index contributed by atoms with van der Waals surface area (Å²) >= 11 is 0. The molecule has 31 heavy (non-hydrogen) atoms. The largest absolute Gasteiger partial charge is 0.340 e. The molecule has 1 aliphatic rings. The van der Waals surface area contributed by atoms with E-state index in [2.05, 4.69) is 60.5 Å². The minimum atomic E-state index is 0.254. The maximum Gasteiger partial charge on any atom is 0.163 e. The molecule has 0 bridgehead atoms. The van der Waals surface area contributed by atoms with Crippen molar-refractivity contribution in [2.24, 2.45) is 11.8 Å². The second-order valence-corrected chi connectivity index (χ2v) is 9.17. The van der Waals surface area contributed by atoms with Crippen molar-refractivity contribution in [3.63, 3.8) is 0 Å². The lowest BCUT2D eigenvalue weighted by Crippen LogP contribution is -2.16. The van der Waals surface area contributed by atoms with E-state index in [0.29, 0.717) is 12.3 Å². The van der Waals surface area contributed by atoms with Crippen LogP contribution in [0.2, 0.25) is 0 Å². The summed E-state index contributed by atoms with van der Waals surface area (Å²) in [5.74, 6) is 2.41. The van der Waals surface area contributed by atoms with Gasteiger partial charge in [0.15, 0.2) is 5.78 Å². The van der Waals surface area contributed by atoms with Gasteiger partial charge in [-0.1, -0.05) is 61.7 Å². The van der Waals surface area contributed by atoms with Gasteiger partial charge in [0, 0.05) is 23.9 Å². The summed E-state index contributed by atoms with van der Waals surface area (Å²) in [6.07, 6.45) is 8.25. The molecule has 0 saturated heterocycles. The second-order valence-electron chi connectivity index (χ2n) is 9.17. The van der Waals surface area contributed by atoms with Crippen molar-refractivity contribution in [1.29, 1.82) is 0 Å². The second kappa shape index (κ2) is 9.91. The Labute approximate surface area is 185 Å². The van der Waals surface area contributed by atoms with Crippen molar-refractivity contribution in [3.8, 4) is 0 Å². The molecular weight excluding hydrogens is 380 g/mol. The van der Waals surface area contributed by atoms with Gasteiger partial charge in [0.25, 0.3) is 0 Å². The molecule has 4 rings (SSSR count). The summed E-state index contributed by atoms with van der Waals surface area (Å²) in [6.45, 7) is 4.43. The molecule has 1 heterocycles. The highest BCUT2D eigenvalue weighted by molar-refractivity contribution is 5.97. The van der Waals surface area contributed by atoms with E-state index in [-0.39, 0.29) is 5.78 Å². The number of aromatic nitrogens is 1. The molecule has 0 unspecified atom stereocenters. The molecule has 160 valence electrons. The summed E-state index contributed by atoms with van der Waals surface area (Å²) in [4.78, 5) is 17.3. The van der Waals surface area contributed by atoms with Crippen LogP contribution < -0.4 is 5.32 Å². The number of ketones is 1. The average molecular weight is 413 g/mol. The molecule has 1 N–H and O–H groups in total. The zero-order valence-electron chi connectivity index (χ0n) is 18.6. The number of pyridine rings is 1. The van der Waals surface area contributed by atoms with Gasteiger partial charge < -0.3 is 5.32 Å². The van der Waals surface area contributed by atoms with Crippen molar-refractivity contribution in [3.05, 3.63) is 89.1 Å². The molecule has 0 amide bonds. The molecular formula is C28H32N2O. The monoisotopic (exact) mass is 412 g/mol. The highest BCUT2D eigenvalue weighted by atomic mass is 16.1. The first-order valence-corrected chi connectivity index (χ1v) is 11.5. The van der Waals surface area contributed by atoms with Gasteiger partial charge in [-0.05, 0) is 73.4 Å². The minimum Gasteiger partial charge on any atom is -0.340 e. The number of carbonyl (C=O) groups is 1. The number of hydrogen-bond acceptors (Lipinski definition) is 3. The zero-order chi connectivity index (χ0) is 21.6. The van der Waals surface area contributed by atoms with Crippen LogP contribution in [0, 0.1) is 18.8 Å². The molecule has 2 aromatic carbocycles. The number of carbonyl (C=O) groups excluding carboxylic acids is 1. The van der Waals surface area contributed by atoms with Crippen LogP contribution in [0.3, 0.4) is 0 Å². The number of aryl methyl sites for hydroxylation is 1. The van der Waals surface area contributed by atoms with Gasteiger partial charge in [-0.25, -0.2) is 4.98 Å². The van der Waals surface area contributed by atoms with Crippen molar-refractivity contribution in [2.75, 3.05) is 5.32 Å². The van der Waals surface area contributed by atoms with E-state index in [4.69, 9.17) is 0 Å². The van der Waals surface area contributed by atoms with Gasteiger partial charge in [-0.15, -0.1) is 0 Å². The zero-order valence-corrected chi connectivity index (χ0v) is 18.6. The van der Waals surface area contributed by atoms with E-state index < -0.39 is 0 Å². The molecule has 3 nitrogen and oxygen atoms in total. The van der Waals surface area contributed by atoms with Crippen LogP contribution in [0.4, 0.5) is 11.5 Å². The van der Waals surface area contributed by atoms with Crippen LogP contribution >= 0.6 is 0 Å². The maximum atomic E-state index is 12.8. The lowest BCUT2D eigenvalue weighted by atomic mass is 9.80. The highest BCUT2D eigenvalue weighted by Crippen LogP contribution is 2.31. The fourth-order valence-corrected chi connectivity index (χ4v) is 4.54. The molecule has 0 atom stereocenters. The Morgan fingerprint density at radius 1 is 0.968 bits per heavy atom. The van der Waals surface area contributed by atoms with E-state index in [1.165, 1.54) is 42.4 Å². The third-order valence-electron chi connectivity index (χ3n) is 6.38. The maximum absolute atomic E-state index is 12.8. The van der Waals surface area contributed by atoms with Gasteiger partial charge in [-0.3, -0.25) is 4.79 Å². The third kappa shape index (κ3) is 6.04. The Kier molecular flexibility index (Phi) is 6.81. The molecule has 0 spiro atoms. The number of benzene rings is 2. The number of rotatable bonds is 7. The SMILES string of the molecule is Cc1cccc(Cc2ccnc(Nc3cccc(C(=O)CC4CCC(C)CC4)c3)c2)c1. The lowest BCUT2D eigenvalue weighted by molar-refractivity contribution is 0.0944. The lowest BCUT2D eigenvalue weighted by Gasteiger charge is -2.25. The van der Waals surface area contributed by atoms with Gasteiger partial charge >= 0.3 is 0 Å². The Balaban J connectivity index is 1.41. The molecule has 1 aromatic heterocycles. The van der Waals surface area contributed by atoms with Crippen molar-refractivity contribution in [2.45, 2.75) is 52.4 Å². The first-order valence-electron chi connectivity index (χ1n) is 11.5. The Morgan fingerprint density at radius 2 is 1.74 bits per heavy atom. The van der Waals surface area contributed by atoms with Crippen LogP contribution in [-0.2, 0) is 6.42 Å². The van der Waals surface area contributed by atoms with Crippen LogP contribution in [-0.4, -0.2) is 10.8 Å². The van der Waals surface area contributed by atoms with Crippen LogP contribution in [0.1, 0.15) is 66.1 Å². The molecule has 3 aromatic rings. The standard InChI is InChI=1S/C28H32N2O/c1-20-9-11-22(12-10-20)17-27(31)25-7-4-8-26(19-25)30-28-18-24(13-14-29-28)16-23-6-3-5-21(2)15-23/h3-8,13-15,18-20,22H,9-12,16-17H2,1-2H3,(H,29,30). The first-order chi connectivity index (χ1) is 15.0. The van der Waals surface area contributed by atoms with Crippen LogP contribution in [0.15, 0.2) is 66.9 Å². The fourth-order valence-electron chi connectivity index (χ4n) is 4.54.